The molecular formula is C26H34N4O3S. The van der Waals surface area contributed by atoms with Gasteiger partial charge in [0.25, 0.3) is 0 Å². The average Bonchev–Trinajstić information content (AvgIpc) is 3.51. The highest BCUT2D eigenvalue weighted by atomic mass is 32.2. The first-order chi connectivity index (χ1) is 16.3. The van der Waals surface area contributed by atoms with E-state index in [9.17, 15) is 13.2 Å². The van der Waals surface area contributed by atoms with Crippen molar-refractivity contribution in [3.05, 3.63) is 59.9 Å². The second kappa shape index (κ2) is 10.3. The number of nitrogens with zero attached hydrogens (tertiary/aromatic N) is 4. The number of sulfonamides is 1. The van der Waals surface area contributed by atoms with Gasteiger partial charge < -0.3 is 9.47 Å². The second-order valence-corrected chi connectivity index (χ2v) is 11.0. The SMILES string of the molecule is CCCn1c(CCC(=O)N(C)C(C)c2ccccc2)nc2cc(S(=O)(=O)N3CCCC3)ccc21. The molecule has 0 aliphatic carbocycles. The Balaban J connectivity index is 1.54. The summed E-state index contributed by atoms with van der Waals surface area (Å²) in [5.41, 5.74) is 2.68. The van der Waals surface area contributed by atoms with Crippen LogP contribution in [0.2, 0.25) is 0 Å². The van der Waals surface area contributed by atoms with Crippen LogP contribution in [0.15, 0.2) is 53.4 Å². The Kier molecular flexibility index (Phi) is 7.38. The van der Waals surface area contributed by atoms with E-state index in [-0.39, 0.29) is 11.9 Å². The van der Waals surface area contributed by atoms with Crippen LogP contribution in [-0.2, 0) is 27.8 Å². The van der Waals surface area contributed by atoms with Gasteiger partial charge in [-0.1, -0.05) is 37.3 Å². The summed E-state index contributed by atoms with van der Waals surface area (Å²) in [7, 11) is -1.66. The molecule has 1 aliphatic rings. The van der Waals surface area contributed by atoms with E-state index < -0.39 is 10.0 Å². The van der Waals surface area contributed by atoms with Crippen LogP contribution >= 0.6 is 0 Å². The molecule has 3 aromatic rings. The van der Waals surface area contributed by atoms with Crippen molar-refractivity contribution in [3.8, 4) is 0 Å². The van der Waals surface area contributed by atoms with Crippen LogP contribution in [0.3, 0.4) is 0 Å². The summed E-state index contributed by atoms with van der Waals surface area (Å²) >= 11 is 0. The normalized spacial score (nSPS) is 15.6. The van der Waals surface area contributed by atoms with Crippen molar-refractivity contribution in [2.45, 2.75) is 63.4 Å². The molecule has 182 valence electrons. The number of imidazole rings is 1. The standard InChI is InChI=1S/C26H34N4O3S/c1-4-16-30-24-13-12-22(34(32,33)29-17-8-9-18-29)19-23(24)27-25(30)14-15-26(31)28(3)20(2)21-10-6-5-7-11-21/h5-7,10-13,19-20H,4,8-9,14-18H2,1-3H3. The first-order valence-electron chi connectivity index (χ1n) is 12.1. The molecule has 7 nitrogen and oxygen atoms in total. The van der Waals surface area contributed by atoms with Gasteiger partial charge in [-0.05, 0) is 49.9 Å². The number of amides is 1. The smallest absolute Gasteiger partial charge is 0.243 e. The highest BCUT2D eigenvalue weighted by Crippen LogP contribution is 2.26. The fraction of sp³-hybridized carbons (Fsp3) is 0.462. The molecule has 4 rings (SSSR count). The molecule has 1 atom stereocenters. The lowest BCUT2D eigenvalue weighted by molar-refractivity contribution is -0.131. The van der Waals surface area contributed by atoms with Crippen molar-refractivity contribution in [2.75, 3.05) is 20.1 Å². The lowest BCUT2D eigenvalue weighted by Crippen LogP contribution is -2.30. The lowest BCUT2D eigenvalue weighted by Gasteiger charge is -2.25. The minimum atomic E-state index is -3.50. The Labute approximate surface area is 202 Å². The topological polar surface area (TPSA) is 75.5 Å². The predicted octanol–water partition coefficient (Wildman–Crippen LogP) is 4.38. The van der Waals surface area contributed by atoms with Crippen molar-refractivity contribution in [1.29, 1.82) is 0 Å². The molecule has 2 heterocycles. The van der Waals surface area contributed by atoms with E-state index in [1.165, 1.54) is 0 Å². The number of fused-ring (bicyclic) bond motifs is 1. The zero-order valence-corrected chi connectivity index (χ0v) is 21.1. The van der Waals surface area contributed by atoms with Crippen LogP contribution in [0.1, 0.15) is 57.0 Å². The largest absolute Gasteiger partial charge is 0.339 e. The summed E-state index contributed by atoms with van der Waals surface area (Å²) in [6, 6.07) is 15.2. The number of benzene rings is 2. The van der Waals surface area contributed by atoms with Gasteiger partial charge in [-0.25, -0.2) is 13.4 Å². The lowest BCUT2D eigenvalue weighted by atomic mass is 10.1. The highest BCUT2D eigenvalue weighted by Gasteiger charge is 2.28. The molecule has 0 radical (unpaired) electrons. The fourth-order valence-corrected chi connectivity index (χ4v) is 6.17. The molecule has 1 fully saturated rings. The van der Waals surface area contributed by atoms with Gasteiger partial charge in [0.15, 0.2) is 0 Å². The summed E-state index contributed by atoms with van der Waals surface area (Å²) < 4.78 is 29.7. The van der Waals surface area contributed by atoms with Crippen LogP contribution < -0.4 is 0 Å². The number of aromatic nitrogens is 2. The van der Waals surface area contributed by atoms with E-state index in [1.54, 1.807) is 21.3 Å². The van der Waals surface area contributed by atoms with Crippen molar-refractivity contribution < 1.29 is 13.2 Å². The highest BCUT2D eigenvalue weighted by molar-refractivity contribution is 7.89. The molecule has 0 spiro atoms. The number of rotatable bonds is 9. The molecule has 1 aromatic heterocycles. The van der Waals surface area contributed by atoms with Gasteiger partial charge in [-0.2, -0.15) is 4.31 Å². The Hall–Kier alpha value is -2.71. The fourth-order valence-electron chi connectivity index (χ4n) is 4.63. The molecule has 1 aliphatic heterocycles. The Bertz CT molecular complexity index is 1250. The zero-order chi connectivity index (χ0) is 24.3. The molecule has 0 bridgehead atoms. The number of hydrogen-bond donors (Lipinski definition) is 0. The average molecular weight is 483 g/mol. The summed E-state index contributed by atoms with van der Waals surface area (Å²) in [4.78, 5) is 19.8. The zero-order valence-electron chi connectivity index (χ0n) is 20.3. The summed E-state index contributed by atoms with van der Waals surface area (Å²) in [5.74, 6) is 0.880. The van der Waals surface area contributed by atoms with Gasteiger partial charge >= 0.3 is 0 Å². The van der Waals surface area contributed by atoms with E-state index in [1.807, 2.05) is 50.4 Å². The van der Waals surface area contributed by atoms with Crippen molar-refractivity contribution >= 4 is 27.0 Å². The quantitative estimate of drug-likeness (QED) is 0.454. The van der Waals surface area contributed by atoms with Crippen LogP contribution in [0.5, 0.6) is 0 Å². The summed E-state index contributed by atoms with van der Waals surface area (Å²) in [5, 5.41) is 0. The maximum atomic E-state index is 13.0. The Morgan fingerprint density at radius 1 is 1.12 bits per heavy atom. The molecule has 34 heavy (non-hydrogen) atoms. The second-order valence-electron chi connectivity index (χ2n) is 9.03. The van der Waals surface area contributed by atoms with Crippen molar-refractivity contribution in [3.63, 3.8) is 0 Å². The minimum Gasteiger partial charge on any atom is -0.339 e. The number of carbonyl (C=O) groups is 1. The van der Waals surface area contributed by atoms with Crippen LogP contribution in [0.25, 0.3) is 11.0 Å². The van der Waals surface area contributed by atoms with Gasteiger partial charge in [0.05, 0.1) is 22.0 Å². The van der Waals surface area contributed by atoms with Crippen LogP contribution in [-0.4, -0.2) is 53.2 Å². The van der Waals surface area contributed by atoms with E-state index in [0.29, 0.717) is 36.3 Å². The van der Waals surface area contributed by atoms with Gasteiger partial charge in [0.2, 0.25) is 15.9 Å². The van der Waals surface area contributed by atoms with E-state index >= 15 is 0 Å². The summed E-state index contributed by atoms with van der Waals surface area (Å²) in [6.45, 7) is 6.05. The van der Waals surface area contributed by atoms with Crippen LogP contribution in [0, 0.1) is 0 Å². The molecular weight excluding hydrogens is 448 g/mol. The summed E-state index contributed by atoms with van der Waals surface area (Å²) in [6.07, 6.45) is 3.59. The number of hydrogen-bond acceptors (Lipinski definition) is 4. The predicted molar refractivity (Wildman–Crippen MR) is 134 cm³/mol. The first-order valence-corrected chi connectivity index (χ1v) is 13.6. The van der Waals surface area contributed by atoms with E-state index in [4.69, 9.17) is 4.98 Å². The van der Waals surface area contributed by atoms with Gasteiger partial charge in [-0.3, -0.25) is 4.79 Å². The molecule has 8 heteroatoms. The van der Waals surface area contributed by atoms with Gasteiger partial charge in [-0.15, -0.1) is 0 Å². The molecule has 0 N–H and O–H groups in total. The molecule has 1 unspecified atom stereocenters. The molecule has 1 amide bonds. The van der Waals surface area contributed by atoms with Crippen LogP contribution in [0.4, 0.5) is 0 Å². The van der Waals surface area contributed by atoms with E-state index in [2.05, 4.69) is 11.5 Å². The Morgan fingerprint density at radius 3 is 2.50 bits per heavy atom. The van der Waals surface area contributed by atoms with Gasteiger partial charge in [0.1, 0.15) is 5.82 Å². The number of aryl methyl sites for hydroxylation is 2. The third-order valence-electron chi connectivity index (χ3n) is 6.77. The molecule has 2 aromatic carbocycles. The van der Waals surface area contributed by atoms with E-state index in [0.717, 1.165) is 42.7 Å². The van der Waals surface area contributed by atoms with Crippen molar-refractivity contribution in [2.24, 2.45) is 0 Å². The third kappa shape index (κ3) is 4.88. The molecule has 0 saturated carbocycles. The minimum absolute atomic E-state index is 0.0125. The molecule has 1 saturated heterocycles. The maximum Gasteiger partial charge on any atom is 0.243 e. The third-order valence-corrected chi connectivity index (χ3v) is 8.66. The monoisotopic (exact) mass is 482 g/mol. The maximum absolute atomic E-state index is 13.0. The van der Waals surface area contributed by atoms with Gasteiger partial charge in [0, 0.05) is 39.5 Å². The first kappa shape index (κ1) is 24.4. The Morgan fingerprint density at radius 2 is 1.82 bits per heavy atom. The van der Waals surface area contributed by atoms with Crippen molar-refractivity contribution in [1.82, 2.24) is 18.8 Å². The number of carbonyl (C=O) groups excluding carboxylic acids is 1.